The molecule has 0 aromatic rings. The van der Waals surface area contributed by atoms with Crippen LogP contribution in [0.5, 0.6) is 0 Å². The minimum Gasteiger partial charge on any atom is -0.462 e. The van der Waals surface area contributed by atoms with Crippen LogP contribution in [0.2, 0.25) is 0 Å². The minimum absolute atomic E-state index is 0.0591. The average Bonchev–Trinajstić information content (AvgIpc) is 1.80. The lowest BCUT2D eigenvalue weighted by molar-refractivity contribution is -0.161. The van der Waals surface area contributed by atoms with Gasteiger partial charge in [0.2, 0.25) is 0 Å². The number of unbranched alkanes of at least 4 members (excludes halogenated alkanes) is 78. The van der Waals surface area contributed by atoms with E-state index in [-0.39, 0.29) is 32.1 Å². The number of hydrogen-bond donors (Lipinski definition) is 2. The Morgan fingerprint density at radius 1 is 0.257 bits per heavy atom. The molecule has 0 fully saturated rings. The van der Waals surface area contributed by atoms with Crippen molar-refractivity contribution >= 4 is 19.8 Å². The van der Waals surface area contributed by atoms with E-state index < -0.39 is 26.5 Å². The predicted octanol–water partition coefficient (Wildman–Crippen LogP) is 31.6. The Morgan fingerprint density at radius 2 is 0.426 bits per heavy atom. The Hall–Kier alpha value is -0.990. The second kappa shape index (κ2) is 87.9. The number of phosphoric acid groups is 1. The van der Waals surface area contributed by atoms with Gasteiger partial charge in [-0.25, -0.2) is 4.57 Å². The molecule has 0 saturated heterocycles. The molecule has 2 atom stereocenters. The summed E-state index contributed by atoms with van der Waals surface area (Å²) in [5, 5.41) is 0. The highest BCUT2D eigenvalue weighted by Gasteiger charge is 2.26. The van der Waals surface area contributed by atoms with Crippen LogP contribution in [0.3, 0.4) is 0 Å². The van der Waals surface area contributed by atoms with E-state index in [1.165, 1.54) is 475 Å². The third-order valence-corrected chi connectivity index (χ3v) is 23.0. The van der Waals surface area contributed by atoms with Crippen LogP contribution in [0.1, 0.15) is 540 Å². The molecular weight excluding hydrogens is 1270 g/mol. The van der Waals surface area contributed by atoms with Crippen molar-refractivity contribution in [3.05, 3.63) is 0 Å². The molecule has 0 aromatic carbocycles. The fraction of sp³-hybridized carbons (Fsp3) is 0.978. The van der Waals surface area contributed by atoms with Gasteiger partial charge in [-0.15, -0.1) is 0 Å². The number of carbonyl (C=O) groups excluding carboxylic acids is 2. The van der Waals surface area contributed by atoms with Crippen LogP contribution in [0, 0.1) is 0 Å². The van der Waals surface area contributed by atoms with Crippen molar-refractivity contribution in [2.24, 2.45) is 5.73 Å². The quantitative estimate of drug-likeness (QED) is 0.0347. The van der Waals surface area contributed by atoms with Gasteiger partial charge in [-0.2, -0.15) is 0 Å². The Morgan fingerprint density at radius 3 is 0.604 bits per heavy atom. The molecule has 0 aliphatic heterocycles. The molecule has 0 aliphatic carbocycles. The van der Waals surface area contributed by atoms with Gasteiger partial charge >= 0.3 is 19.8 Å². The molecule has 3 N–H and O–H groups in total. The molecule has 0 rings (SSSR count). The third kappa shape index (κ3) is 87.8. The molecule has 0 aromatic heterocycles. The summed E-state index contributed by atoms with van der Waals surface area (Å²) in [6, 6.07) is 0. The third-order valence-electron chi connectivity index (χ3n) is 22.0. The molecule has 0 bridgehead atoms. The Labute approximate surface area is 632 Å². The lowest BCUT2D eigenvalue weighted by Gasteiger charge is -2.19. The van der Waals surface area contributed by atoms with Crippen molar-refractivity contribution < 1.29 is 37.6 Å². The smallest absolute Gasteiger partial charge is 0.462 e. The summed E-state index contributed by atoms with van der Waals surface area (Å²) in [5.41, 5.74) is 5.43. The van der Waals surface area contributed by atoms with Gasteiger partial charge in [-0.1, -0.05) is 515 Å². The number of carbonyl (C=O) groups is 2. The van der Waals surface area contributed by atoms with Gasteiger partial charge < -0.3 is 20.1 Å². The summed E-state index contributed by atoms with van der Waals surface area (Å²) in [6.45, 7) is 3.87. The Balaban J connectivity index is 3.65. The molecule has 0 amide bonds. The summed E-state index contributed by atoms with van der Waals surface area (Å²) in [7, 11) is -4.39. The highest BCUT2D eigenvalue weighted by Crippen LogP contribution is 2.43. The number of phosphoric ester groups is 1. The van der Waals surface area contributed by atoms with Crippen LogP contribution in [-0.2, 0) is 32.7 Å². The van der Waals surface area contributed by atoms with Crippen molar-refractivity contribution in [2.45, 2.75) is 546 Å². The second-order valence-corrected chi connectivity index (χ2v) is 33.7. The van der Waals surface area contributed by atoms with Gasteiger partial charge in [-0.05, 0) is 12.8 Å². The van der Waals surface area contributed by atoms with Crippen molar-refractivity contribution in [3.8, 4) is 0 Å². The van der Waals surface area contributed by atoms with Crippen LogP contribution >= 0.6 is 7.82 Å². The molecule has 0 saturated carbocycles. The predicted molar refractivity (Wildman–Crippen MR) is 442 cm³/mol. The first-order chi connectivity index (χ1) is 49.8. The van der Waals surface area contributed by atoms with E-state index in [4.69, 9.17) is 24.3 Å². The molecule has 0 heterocycles. The molecule has 9 nitrogen and oxygen atoms in total. The maximum Gasteiger partial charge on any atom is 0.472 e. The molecule has 101 heavy (non-hydrogen) atoms. The van der Waals surface area contributed by atoms with Crippen molar-refractivity contribution in [1.82, 2.24) is 0 Å². The molecule has 2 unspecified atom stereocenters. The van der Waals surface area contributed by atoms with Gasteiger partial charge in [0.25, 0.3) is 0 Å². The molecule has 10 heteroatoms. The van der Waals surface area contributed by atoms with Crippen LogP contribution in [-0.4, -0.2) is 49.3 Å². The highest BCUT2D eigenvalue weighted by atomic mass is 31.2. The lowest BCUT2D eigenvalue weighted by Crippen LogP contribution is -2.29. The van der Waals surface area contributed by atoms with Crippen molar-refractivity contribution in [1.29, 1.82) is 0 Å². The van der Waals surface area contributed by atoms with E-state index in [1.54, 1.807) is 0 Å². The largest absolute Gasteiger partial charge is 0.472 e. The Kier molecular flexibility index (Phi) is 87.1. The fourth-order valence-corrected chi connectivity index (χ4v) is 15.9. The number of nitrogens with two attached hydrogens (primary N) is 1. The van der Waals surface area contributed by atoms with E-state index >= 15 is 0 Å². The maximum absolute atomic E-state index is 12.8. The maximum atomic E-state index is 12.8. The van der Waals surface area contributed by atoms with Crippen molar-refractivity contribution in [3.63, 3.8) is 0 Å². The second-order valence-electron chi connectivity index (χ2n) is 32.3. The SMILES string of the molecule is CCCCCCCCCCCCCCCCCCCCCCCCCCCCCCCCCCCCCCCCCCC(=O)OCC(COP(=O)(O)OCCN)OC(=O)CCCCCCCCCCCCCCCCCCCCCCCCCCCCCCCCCCCCCCCCCC. The highest BCUT2D eigenvalue weighted by molar-refractivity contribution is 7.47. The fourth-order valence-electron chi connectivity index (χ4n) is 15.1. The summed E-state index contributed by atoms with van der Waals surface area (Å²) in [6.07, 6.45) is 110. The number of ether oxygens (including phenoxy) is 2. The van der Waals surface area contributed by atoms with E-state index in [9.17, 15) is 19.0 Å². The van der Waals surface area contributed by atoms with Crippen LogP contribution in [0.4, 0.5) is 0 Å². The first kappa shape index (κ1) is 100. The number of hydrogen-bond acceptors (Lipinski definition) is 8. The molecule has 0 aliphatic rings. The summed E-state index contributed by atoms with van der Waals surface area (Å²) in [5.74, 6) is -0.791. The summed E-state index contributed by atoms with van der Waals surface area (Å²) >= 11 is 0. The lowest BCUT2D eigenvalue weighted by atomic mass is 10.0. The monoisotopic (exact) mass is 1450 g/mol. The van der Waals surface area contributed by atoms with Crippen LogP contribution in [0.25, 0.3) is 0 Å². The molecule has 604 valence electrons. The first-order valence-corrected chi connectivity index (χ1v) is 48.0. The molecule has 0 spiro atoms. The van der Waals surface area contributed by atoms with E-state index in [0.29, 0.717) is 12.8 Å². The van der Waals surface area contributed by atoms with E-state index in [0.717, 1.165) is 32.1 Å². The zero-order chi connectivity index (χ0) is 72.9. The van der Waals surface area contributed by atoms with Crippen LogP contribution < -0.4 is 5.73 Å². The van der Waals surface area contributed by atoms with Gasteiger partial charge in [0, 0.05) is 19.4 Å². The van der Waals surface area contributed by atoms with Crippen molar-refractivity contribution in [2.75, 3.05) is 26.4 Å². The molecular formula is C91H182NO8P. The normalized spacial score (nSPS) is 12.6. The van der Waals surface area contributed by atoms with Gasteiger partial charge in [0.05, 0.1) is 13.2 Å². The van der Waals surface area contributed by atoms with Gasteiger partial charge in [0.15, 0.2) is 6.10 Å². The summed E-state index contributed by atoms with van der Waals surface area (Å²) in [4.78, 5) is 35.5. The standard InChI is InChI=1S/C91H182NO8P/c1-3-5-7-9-11-13-15-17-19-21-23-25-27-29-31-33-35-37-39-41-43-45-47-49-51-53-55-57-59-61-63-65-67-69-71-73-75-77-79-81-83-90(93)97-87-89(88-99-101(95,96)98-86-85-92)100-91(94)84-82-80-78-76-74-72-70-68-66-64-62-60-58-56-54-52-50-48-46-44-42-40-38-36-34-32-30-28-26-24-22-20-18-16-14-12-10-8-6-4-2/h89H,3-88,92H2,1-2H3,(H,95,96). The minimum atomic E-state index is -4.39. The molecule has 0 radical (unpaired) electrons. The zero-order valence-corrected chi connectivity index (χ0v) is 69.6. The van der Waals surface area contributed by atoms with E-state index in [1.807, 2.05) is 0 Å². The number of esters is 2. The first-order valence-electron chi connectivity index (χ1n) is 46.5. The van der Waals surface area contributed by atoms with Crippen LogP contribution in [0.15, 0.2) is 0 Å². The number of rotatable bonds is 91. The summed E-state index contributed by atoms with van der Waals surface area (Å²) < 4.78 is 33.4. The van der Waals surface area contributed by atoms with E-state index in [2.05, 4.69) is 13.8 Å². The van der Waals surface area contributed by atoms with Gasteiger partial charge in [0.1, 0.15) is 6.61 Å². The topological polar surface area (TPSA) is 134 Å². The average molecular weight is 1450 g/mol. The van der Waals surface area contributed by atoms with Gasteiger partial charge in [-0.3, -0.25) is 18.6 Å². The zero-order valence-electron chi connectivity index (χ0n) is 68.7. The Bertz CT molecular complexity index is 1620.